The summed E-state index contributed by atoms with van der Waals surface area (Å²) in [6.07, 6.45) is 0. The monoisotopic (exact) mass is 305 g/mol. The van der Waals surface area contributed by atoms with Crippen LogP contribution in [0.4, 0.5) is 15.8 Å². The number of hydrogen-bond acceptors (Lipinski definition) is 4. The van der Waals surface area contributed by atoms with E-state index in [1.807, 2.05) is 6.07 Å². The summed E-state index contributed by atoms with van der Waals surface area (Å²) in [5, 5.41) is 9.06. The molecule has 0 radical (unpaired) electrons. The van der Waals surface area contributed by atoms with Crippen molar-refractivity contribution in [3.8, 4) is 6.07 Å². The normalized spacial score (nSPS) is 10.9. The van der Waals surface area contributed by atoms with E-state index in [9.17, 15) is 12.8 Å². The fourth-order valence-electron chi connectivity index (χ4n) is 1.80. The van der Waals surface area contributed by atoms with E-state index >= 15 is 0 Å². The molecule has 21 heavy (non-hydrogen) atoms. The van der Waals surface area contributed by atoms with Crippen molar-refractivity contribution in [2.75, 3.05) is 17.1 Å². The van der Waals surface area contributed by atoms with Crippen LogP contribution in [0.5, 0.6) is 0 Å². The van der Waals surface area contributed by atoms with Gasteiger partial charge < -0.3 is 5.73 Å². The number of nitrogens with zero attached hydrogens (tertiary/aromatic N) is 2. The summed E-state index contributed by atoms with van der Waals surface area (Å²) in [6, 6.07) is 10.8. The molecule has 0 heterocycles. The van der Waals surface area contributed by atoms with Crippen molar-refractivity contribution in [2.24, 2.45) is 0 Å². The summed E-state index contributed by atoms with van der Waals surface area (Å²) in [5.74, 6) is -0.463. The SMILES string of the molecule is CN(c1ccc(F)cc1)S(=O)(=O)c1ccc(N)cc1C#N. The minimum absolute atomic E-state index is 0.0380. The number of hydrogen-bond donors (Lipinski definition) is 1. The average Bonchev–Trinajstić information content (AvgIpc) is 2.46. The smallest absolute Gasteiger partial charge is 0.265 e. The number of benzene rings is 2. The number of anilines is 2. The molecular weight excluding hydrogens is 293 g/mol. The second-order valence-corrected chi connectivity index (χ2v) is 6.25. The van der Waals surface area contributed by atoms with Gasteiger partial charge in [-0.25, -0.2) is 12.8 Å². The Morgan fingerprint density at radius 1 is 1.19 bits per heavy atom. The summed E-state index contributed by atoms with van der Waals surface area (Å²) < 4.78 is 39.0. The molecule has 2 aromatic rings. The molecular formula is C14H12FN3O2S. The minimum Gasteiger partial charge on any atom is -0.399 e. The zero-order valence-corrected chi connectivity index (χ0v) is 11.9. The first-order chi connectivity index (χ1) is 9.86. The number of nitriles is 1. The molecule has 0 saturated carbocycles. The topological polar surface area (TPSA) is 87.2 Å². The van der Waals surface area contributed by atoms with Crippen LogP contribution in [0.2, 0.25) is 0 Å². The van der Waals surface area contributed by atoms with Crippen LogP contribution in [0.25, 0.3) is 0 Å². The Morgan fingerprint density at radius 3 is 2.38 bits per heavy atom. The van der Waals surface area contributed by atoms with Gasteiger partial charge >= 0.3 is 0 Å². The maximum atomic E-state index is 12.9. The first kappa shape index (κ1) is 14.8. The van der Waals surface area contributed by atoms with Crippen molar-refractivity contribution in [1.29, 1.82) is 5.26 Å². The molecule has 0 saturated heterocycles. The molecule has 2 rings (SSSR count). The van der Waals surface area contributed by atoms with Gasteiger partial charge in [0.2, 0.25) is 0 Å². The Morgan fingerprint density at radius 2 is 1.81 bits per heavy atom. The Bertz CT molecular complexity index is 811. The largest absolute Gasteiger partial charge is 0.399 e. The van der Waals surface area contributed by atoms with Crippen molar-refractivity contribution >= 4 is 21.4 Å². The maximum Gasteiger partial charge on any atom is 0.265 e. The molecule has 0 unspecified atom stereocenters. The van der Waals surface area contributed by atoms with Crippen molar-refractivity contribution in [3.63, 3.8) is 0 Å². The molecule has 0 bridgehead atoms. The van der Waals surface area contributed by atoms with E-state index in [4.69, 9.17) is 11.0 Å². The van der Waals surface area contributed by atoms with E-state index in [2.05, 4.69) is 0 Å². The molecule has 7 heteroatoms. The zero-order chi connectivity index (χ0) is 15.6. The molecule has 0 aliphatic carbocycles. The number of nitrogen functional groups attached to an aromatic ring is 1. The van der Waals surface area contributed by atoms with Crippen LogP contribution < -0.4 is 10.0 Å². The lowest BCUT2D eigenvalue weighted by Gasteiger charge is -2.20. The Kier molecular flexibility index (Phi) is 3.82. The third-order valence-corrected chi connectivity index (χ3v) is 4.80. The molecule has 0 spiro atoms. The first-order valence-corrected chi connectivity index (χ1v) is 7.34. The van der Waals surface area contributed by atoms with Crippen molar-refractivity contribution in [2.45, 2.75) is 4.90 Å². The second-order valence-electron chi connectivity index (χ2n) is 4.32. The highest BCUT2D eigenvalue weighted by Gasteiger charge is 2.24. The van der Waals surface area contributed by atoms with Crippen LogP contribution >= 0.6 is 0 Å². The third kappa shape index (κ3) is 2.80. The molecule has 2 aromatic carbocycles. The molecule has 0 aromatic heterocycles. The van der Waals surface area contributed by atoms with E-state index in [1.165, 1.54) is 37.4 Å². The Labute approximate surface area is 122 Å². The third-order valence-electron chi connectivity index (χ3n) is 2.95. The van der Waals surface area contributed by atoms with Gasteiger partial charge in [0.05, 0.1) is 11.3 Å². The van der Waals surface area contributed by atoms with Crippen LogP contribution in [-0.4, -0.2) is 15.5 Å². The van der Waals surface area contributed by atoms with Gasteiger partial charge in [0.25, 0.3) is 10.0 Å². The lowest BCUT2D eigenvalue weighted by Crippen LogP contribution is -2.27. The zero-order valence-electron chi connectivity index (χ0n) is 11.1. The van der Waals surface area contributed by atoms with Gasteiger partial charge in [-0.1, -0.05) is 0 Å². The van der Waals surface area contributed by atoms with Crippen LogP contribution in [0, 0.1) is 17.1 Å². The predicted octanol–water partition coefficient (Wildman–Crippen LogP) is 2.10. The van der Waals surface area contributed by atoms with Gasteiger partial charge in [0, 0.05) is 12.7 Å². The van der Waals surface area contributed by atoms with Gasteiger partial charge in [-0.15, -0.1) is 0 Å². The molecule has 2 N–H and O–H groups in total. The molecule has 0 atom stereocenters. The van der Waals surface area contributed by atoms with Gasteiger partial charge in [-0.3, -0.25) is 4.31 Å². The van der Waals surface area contributed by atoms with Gasteiger partial charge in [-0.05, 0) is 42.5 Å². The Balaban J connectivity index is 2.52. The molecule has 0 amide bonds. The second kappa shape index (κ2) is 5.42. The summed E-state index contributed by atoms with van der Waals surface area (Å²) >= 11 is 0. The maximum absolute atomic E-state index is 12.9. The molecule has 5 nitrogen and oxygen atoms in total. The fourth-order valence-corrected chi connectivity index (χ4v) is 3.11. The highest BCUT2D eigenvalue weighted by Crippen LogP contribution is 2.25. The highest BCUT2D eigenvalue weighted by molar-refractivity contribution is 7.92. The lowest BCUT2D eigenvalue weighted by atomic mass is 10.2. The summed E-state index contributed by atoms with van der Waals surface area (Å²) in [4.78, 5) is -0.147. The van der Waals surface area contributed by atoms with Gasteiger partial charge in [0.15, 0.2) is 0 Å². The van der Waals surface area contributed by atoms with E-state index in [-0.39, 0.29) is 16.1 Å². The van der Waals surface area contributed by atoms with Crippen LogP contribution in [0.15, 0.2) is 47.4 Å². The number of rotatable bonds is 3. The summed E-state index contributed by atoms with van der Waals surface area (Å²) in [7, 11) is -2.60. The van der Waals surface area contributed by atoms with Gasteiger partial charge in [0.1, 0.15) is 16.8 Å². The molecule has 0 fully saturated rings. The van der Waals surface area contributed by atoms with Crippen LogP contribution in [-0.2, 0) is 10.0 Å². The van der Waals surface area contributed by atoms with E-state index in [0.29, 0.717) is 5.69 Å². The van der Waals surface area contributed by atoms with Crippen molar-refractivity contribution in [3.05, 3.63) is 53.8 Å². The number of halogens is 1. The number of sulfonamides is 1. The quantitative estimate of drug-likeness (QED) is 0.880. The van der Waals surface area contributed by atoms with Crippen LogP contribution in [0.1, 0.15) is 5.56 Å². The predicted molar refractivity (Wildman–Crippen MR) is 77.6 cm³/mol. The standard InChI is InChI=1S/C14H12FN3O2S/c1-18(13-5-2-11(15)3-6-13)21(19,20)14-7-4-12(17)8-10(14)9-16/h2-8H,17H2,1H3. The minimum atomic E-state index is -3.93. The number of nitrogens with two attached hydrogens (primary N) is 1. The summed E-state index contributed by atoms with van der Waals surface area (Å²) in [5.41, 5.74) is 6.10. The average molecular weight is 305 g/mol. The highest BCUT2D eigenvalue weighted by atomic mass is 32.2. The van der Waals surface area contributed by atoms with Gasteiger partial charge in [-0.2, -0.15) is 5.26 Å². The summed E-state index contributed by atoms with van der Waals surface area (Å²) in [6.45, 7) is 0. The van der Waals surface area contributed by atoms with E-state index in [0.717, 1.165) is 16.4 Å². The molecule has 108 valence electrons. The fraction of sp³-hybridized carbons (Fsp3) is 0.0714. The Hall–Kier alpha value is -2.59. The molecule has 0 aliphatic heterocycles. The van der Waals surface area contributed by atoms with Crippen molar-refractivity contribution in [1.82, 2.24) is 0 Å². The van der Waals surface area contributed by atoms with Crippen molar-refractivity contribution < 1.29 is 12.8 Å². The first-order valence-electron chi connectivity index (χ1n) is 5.90. The molecule has 0 aliphatic rings. The lowest BCUT2D eigenvalue weighted by molar-refractivity contribution is 0.594. The van der Waals surface area contributed by atoms with E-state index in [1.54, 1.807) is 0 Å². The van der Waals surface area contributed by atoms with E-state index < -0.39 is 15.8 Å². The van der Waals surface area contributed by atoms with Crippen LogP contribution in [0.3, 0.4) is 0 Å².